The quantitative estimate of drug-likeness (QED) is 0.429. The molecular weight excluding hydrogens is 310 g/mol. The van der Waals surface area contributed by atoms with Crippen molar-refractivity contribution in [2.45, 2.75) is 57.2 Å². The lowest BCUT2D eigenvalue weighted by molar-refractivity contribution is 0.373. The summed E-state index contributed by atoms with van der Waals surface area (Å²) in [6.07, 6.45) is 7.13. The van der Waals surface area contributed by atoms with Crippen molar-refractivity contribution in [1.82, 2.24) is 5.32 Å². The molecule has 0 aromatic carbocycles. The molecule has 19 heavy (non-hydrogen) atoms. The summed E-state index contributed by atoms with van der Waals surface area (Å²) in [4.78, 5) is 19.0. The zero-order valence-electron chi connectivity index (χ0n) is 11.4. The van der Waals surface area contributed by atoms with Gasteiger partial charge in [-0.25, -0.2) is 0 Å². The van der Waals surface area contributed by atoms with Crippen LogP contribution in [0, 0.1) is 0 Å². The van der Waals surface area contributed by atoms with Crippen LogP contribution in [0.2, 0.25) is 12.6 Å². The minimum absolute atomic E-state index is 0.505. The average molecular weight is 334 g/mol. The Balaban J connectivity index is 2.23. The molecule has 1 saturated carbocycles. The van der Waals surface area contributed by atoms with E-state index in [0.717, 1.165) is 13.0 Å². The topological polar surface area (TPSA) is 86.6 Å². The van der Waals surface area contributed by atoms with E-state index in [1.165, 1.54) is 32.1 Å². The van der Waals surface area contributed by atoms with E-state index < -0.39 is 32.6 Å². The van der Waals surface area contributed by atoms with Crippen molar-refractivity contribution in [3.05, 3.63) is 0 Å². The zero-order valence-corrected chi connectivity index (χ0v) is 15.4. The molecule has 0 amide bonds. The molecule has 1 unspecified atom stereocenters. The Hall–Kier alpha value is 0.348. The van der Waals surface area contributed by atoms with Gasteiger partial charge in [-0.2, -0.15) is 0 Å². The molecule has 1 rings (SSSR count). The summed E-state index contributed by atoms with van der Waals surface area (Å²) in [5.74, 6) is 0. The van der Waals surface area contributed by atoms with E-state index in [-0.39, 0.29) is 0 Å². The molecule has 0 spiro atoms. The van der Waals surface area contributed by atoms with E-state index >= 15 is 0 Å². The molecule has 2 radical (unpaired) electrons. The van der Waals surface area contributed by atoms with E-state index in [1.807, 2.05) is 0 Å². The Morgan fingerprint density at radius 2 is 1.95 bits per heavy atom. The summed E-state index contributed by atoms with van der Waals surface area (Å²) in [6.45, 7) is 2.43. The van der Waals surface area contributed by atoms with Gasteiger partial charge in [-0.3, -0.25) is 0 Å². The highest BCUT2D eigenvalue weighted by Crippen LogP contribution is 2.17. The largest absolute Gasteiger partial charge is 0.429 e. The molecule has 1 atom stereocenters. The van der Waals surface area contributed by atoms with Crippen LogP contribution in [0.15, 0.2) is 0 Å². The number of rotatable bonds is 8. The lowest BCUT2D eigenvalue weighted by atomic mass is 9.95. The molecule has 1 aliphatic carbocycles. The van der Waals surface area contributed by atoms with E-state index in [4.69, 9.17) is 4.80 Å². The van der Waals surface area contributed by atoms with Crippen LogP contribution >= 0.6 is 0 Å². The van der Waals surface area contributed by atoms with Gasteiger partial charge in [0.2, 0.25) is 7.83 Å². The Morgan fingerprint density at radius 1 is 1.32 bits per heavy atom. The summed E-state index contributed by atoms with van der Waals surface area (Å²) in [5.41, 5.74) is 0. The van der Waals surface area contributed by atoms with Crippen LogP contribution in [0.4, 0.5) is 0 Å². The fraction of sp³-hybridized carbons (Fsp3) is 1.00. The third kappa shape index (κ3) is 6.10. The summed E-state index contributed by atoms with van der Waals surface area (Å²) < 4.78 is 23.2. The van der Waals surface area contributed by atoms with Crippen molar-refractivity contribution >= 4 is 32.6 Å². The second kappa shape index (κ2) is 8.59. The van der Waals surface area contributed by atoms with Gasteiger partial charge in [0.05, 0.1) is 0 Å². The maximum absolute atomic E-state index is 11.8. The van der Waals surface area contributed by atoms with Crippen LogP contribution in [0.3, 0.4) is 0 Å². The summed E-state index contributed by atoms with van der Waals surface area (Å²) >= 11 is 0. The zero-order chi connectivity index (χ0) is 14.3. The Labute approximate surface area is 120 Å². The van der Waals surface area contributed by atoms with E-state index in [2.05, 4.69) is 5.32 Å². The highest BCUT2D eigenvalue weighted by molar-refractivity contribution is 7.55. The minimum atomic E-state index is -2.89. The first kappa shape index (κ1) is 17.4. The Kier molecular flexibility index (Phi) is 7.87. The number of nitrogens with one attached hydrogen (secondary N) is 1. The highest BCUT2D eigenvalue weighted by Gasteiger charge is 2.41. The van der Waals surface area contributed by atoms with Gasteiger partial charge in [-0.1, -0.05) is 19.3 Å². The smallest absolute Gasteiger partial charge is 0.336 e. The van der Waals surface area contributed by atoms with Crippen molar-refractivity contribution in [3.63, 3.8) is 0 Å². The van der Waals surface area contributed by atoms with Gasteiger partial charge in [-0.15, -0.1) is 0 Å². The molecular formula is C10H23NO4Si4. The van der Waals surface area contributed by atoms with E-state index in [9.17, 15) is 13.7 Å². The lowest BCUT2D eigenvalue weighted by Crippen LogP contribution is -2.51. The Morgan fingerprint density at radius 3 is 2.53 bits per heavy atom. The van der Waals surface area contributed by atoms with Crippen molar-refractivity contribution in [2.75, 3.05) is 6.54 Å². The van der Waals surface area contributed by atoms with Crippen LogP contribution in [0.1, 0.15) is 38.5 Å². The van der Waals surface area contributed by atoms with Gasteiger partial charge < -0.3 is 23.8 Å². The Bertz CT molecular complexity index is 321. The number of hydrogen-bond donors (Lipinski definition) is 3. The molecule has 9 heteroatoms. The van der Waals surface area contributed by atoms with Gasteiger partial charge in [0.15, 0.2) is 0 Å². The van der Waals surface area contributed by atoms with Gasteiger partial charge >= 0.3 is 15.4 Å². The first-order valence-corrected chi connectivity index (χ1v) is 16.3. The predicted octanol–water partition coefficient (Wildman–Crippen LogP) is -0.0246. The van der Waals surface area contributed by atoms with Crippen molar-refractivity contribution in [1.29, 1.82) is 0 Å². The molecule has 0 aromatic heterocycles. The third-order valence-electron chi connectivity index (χ3n) is 3.68. The number of hydrogen-bond acceptors (Lipinski definition) is 5. The predicted molar refractivity (Wildman–Crippen MR) is 79.0 cm³/mol. The maximum Gasteiger partial charge on any atom is 0.336 e. The SMILES string of the molecule is C[Si](O)(CCCNC1CCCCC1)[Si](=O)[Si](=O)[Si]O. The molecule has 1 fully saturated rings. The van der Waals surface area contributed by atoms with Crippen molar-refractivity contribution < 1.29 is 18.5 Å². The van der Waals surface area contributed by atoms with Crippen LogP contribution in [0.25, 0.3) is 0 Å². The molecule has 0 saturated heterocycles. The summed E-state index contributed by atoms with van der Waals surface area (Å²) in [7, 11) is -8.58. The molecule has 0 bridgehead atoms. The van der Waals surface area contributed by atoms with Crippen LogP contribution in [-0.4, -0.2) is 54.7 Å². The summed E-state index contributed by atoms with van der Waals surface area (Å²) in [6, 6.07) is 1.10. The normalized spacial score (nSPS) is 19.9. The third-order valence-corrected chi connectivity index (χ3v) is 24.3. The minimum Gasteiger partial charge on any atom is -0.429 e. The molecule has 108 valence electrons. The van der Waals surface area contributed by atoms with Crippen molar-refractivity contribution in [3.8, 4) is 0 Å². The summed E-state index contributed by atoms with van der Waals surface area (Å²) in [5, 5.41) is 3.48. The van der Waals surface area contributed by atoms with E-state index in [0.29, 0.717) is 12.1 Å². The van der Waals surface area contributed by atoms with Crippen LogP contribution in [0.5, 0.6) is 0 Å². The average Bonchev–Trinajstić information content (AvgIpc) is 2.43. The van der Waals surface area contributed by atoms with Gasteiger partial charge in [0, 0.05) is 6.04 Å². The van der Waals surface area contributed by atoms with Gasteiger partial charge in [-0.05, 0) is 38.4 Å². The highest BCUT2D eigenvalue weighted by atomic mass is 29.8. The maximum atomic E-state index is 11.8. The van der Waals surface area contributed by atoms with Gasteiger partial charge in [0.25, 0.3) is 9.28 Å². The van der Waals surface area contributed by atoms with Crippen LogP contribution in [-0.2, 0) is 8.92 Å². The standard InChI is InChI=1S/C10H23NO4Si4/c1-19(15,18(14)17(13)16-12)9-5-8-11-10-6-3-2-4-7-10/h10-12,15H,2-9H2,1H3. The van der Waals surface area contributed by atoms with Crippen molar-refractivity contribution in [2.24, 2.45) is 0 Å². The molecule has 3 N–H and O–H groups in total. The first-order chi connectivity index (χ1) is 8.97. The first-order valence-electron chi connectivity index (χ1n) is 6.92. The molecule has 0 heterocycles. The lowest BCUT2D eigenvalue weighted by Gasteiger charge is -2.23. The van der Waals surface area contributed by atoms with E-state index in [1.54, 1.807) is 6.55 Å². The molecule has 0 aliphatic heterocycles. The molecule has 0 aromatic rings. The van der Waals surface area contributed by atoms with Crippen LogP contribution < -0.4 is 5.32 Å². The fourth-order valence-corrected chi connectivity index (χ4v) is 22.3. The second-order valence-electron chi connectivity index (χ2n) is 5.44. The fourth-order valence-electron chi connectivity index (χ4n) is 2.45. The monoisotopic (exact) mass is 333 g/mol. The molecule has 5 nitrogen and oxygen atoms in total. The second-order valence-corrected chi connectivity index (χ2v) is 22.4. The van der Waals surface area contributed by atoms with Gasteiger partial charge in [0.1, 0.15) is 0 Å². The molecule has 1 aliphatic rings.